The Morgan fingerprint density at radius 1 is 1.19 bits per heavy atom. The molecular weight excluding hydrogens is 304 g/mol. The fourth-order valence-corrected chi connectivity index (χ4v) is 4.78. The predicted octanol–water partition coefficient (Wildman–Crippen LogP) is 2.37. The number of rotatable bonds is 4. The van der Waals surface area contributed by atoms with E-state index in [0.29, 0.717) is 10.1 Å². The van der Waals surface area contributed by atoms with E-state index in [1.54, 1.807) is 14.1 Å². The molecule has 6 heteroatoms. The van der Waals surface area contributed by atoms with Gasteiger partial charge in [0.05, 0.1) is 11.1 Å². The van der Waals surface area contributed by atoms with Crippen molar-refractivity contribution >= 4 is 35.3 Å². The molecule has 4 nitrogen and oxygen atoms in total. The Morgan fingerprint density at radius 3 is 2.38 bits per heavy atom. The van der Waals surface area contributed by atoms with Gasteiger partial charge >= 0.3 is 0 Å². The van der Waals surface area contributed by atoms with Crippen LogP contribution in [-0.4, -0.2) is 48.9 Å². The molecule has 1 aromatic rings. The molecule has 1 fully saturated rings. The minimum atomic E-state index is -0.208. The molecule has 1 aliphatic rings. The maximum Gasteiger partial charge on any atom is 0.251 e. The quantitative estimate of drug-likeness (QED) is 0.924. The lowest BCUT2D eigenvalue weighted by atomic mass is 10.1. The van der Waals surface area contributed by atoms with Crippen LogP contribution < -0.4 is 5.32 Å². The van der Waals surface area contributed by atoms with Crippen molar-refractivity contribution < 1.29 is 9.59 Å². The van der Waals surface area contributed by atoms with Gasteiger partial charge in [-0.25, -0.2) is 0 Å². The van der Waals surface area contributed by atoms with Crippen LogP contribution in [0.4, 0.5) is 0 Å². The van der Waals surface area contributed by atoms with Crippen molar-refractivity contribution in [1.29, 1.82) is 0 Å². The normalized spacial score (nSPS) is 15.5. The second-order valence-corrected chi connectivity index (χ2v) is 7.74. The summed E-state index contributed by atoms with van der Waals surface area (Å²) in [6.45, 7) is 0.0297. The maximum atomic E-state index is 12.0. The van der Waals surface area contributed by atoms with E-state index in [0.717, 1.165) is 0 Å². The molecule has 0 atom stereocenters. The lowest BCUT2D eigenvalue weighted by molar-refractivity contribution is -0.127. The van der Waals surface area contributed by atoms with E-state index in [1.165, 1.54) is 28.4 Å². The van der Waals surface area contributed by atoms with Gasteiger partial charge in [-0.1, -0.05) is 12.1 Å². The van der Waals surface area contributed by atoms with Crippen molar-refractivity contribution in [3.05, 3.63) is 35.4 Å². The van der Waals surface area contributed by atoms with Crippen LogP contribution in [0.25, 0.3) is 0 Å². The Bertz CT molecular complexity index is 497. The molecule has 1 aromatic carbocycles. The van der Waals surface area contributed by atoms with Crippen molar-refractivity contribution in [1.82, 2.24) is 10.2 Å². The summed E-state index contributed by atoms with van der Waals surface area (Å²) < 4.78 is 0.478. The van der Waals surface area contributed by atoms with Crippen molar-refractivity contribution in [2.24, 2.45) is 0 Å². The van der Waals surface area contributed by atoms with Crippen LogP contribution in [0.5, 0.6) is 0 Å². The van der Waals surface area contributed by atoms with Crippen LogP contribution in [0.15, 0.2) is 24.3 Å². The number of likely N-dealkylation sites (N-methyl/N-ethyl adjacent to an activating group) is 1. The highest BCUT2D eigenvalue weighted by Gasteiger charge is 2.17. The number of carbonyl (C=O) groups is 2. The molecule has 2 amide bonds. The first-order chi connectivity index (χ1) is 10.1. The number of benzene rings is 1. The fraction of sp³-hybridized carbons (Fsp3) is 0.467. The van der Waals surface area contributed by atoms with Gasteiger partial charge in [0, 0.05) is 19.7 Å². The minimum Gasteiger partial charge on any atom is -0.347 e. The fourth-order valence-electron chi connectivity index (χ4n) is 1.89. The first kappa shape index (κ1) is 16.2. The average molecular weight is 324 g/mol. The minimum absolute atomic E-state index is 0.0297. The van der Waals surface area contributed by atoms with E-state index in [-0.39, 0.29) is 18.4 Å². The van der Waals surface area contributed by atoms with Gasteiger partial charge in [0.25, 0.3) is 5.91 Å². The second-order valence-electron chi connectivity index (χ2n) is 5.02. The van der Waals surface area contributed by atoms with Gasteiger partial charge in [0.2, 0.25) is 5.91 Å². The highest BCUT2D eigenvalue weighted by molar-refractivity contribution is 8.16. The third kappa shape index (κ3) is 4.68. The Balaban J connectivity index is 1.91. The number of nitrogens with zero attached hydrogens (tertiary/aromatic N) is 1. The van der Waals surface area contributed by atoms with E-state index in [1.807, 2.05) is 47.8 Å². The van der Waals surface area contributed by atoms with Crippen LogP contribution in [-0.2, 0) is 4.79 Å². The Labute approximate surface area is 134 Å². The van der Waals surface area contributed by atoms with Crippen molar-refractivity contribution in [3.63, 3.8) is 0 Å². The monoisotopic (exact) mass is 324 g/mol. The van der Waals surface area contributed by atoms with E-state index in [4.69, 9.17) is 0 Å². The molecule has 21 heavy (non-hydrogen) atoms. The lowest BCUT2D eigenvalue weighted by Gasteiger charge is -2.21. The van der Waals surface area contributed by atoms with E-state index >= 15 is 0 Å². The standard InChI is InChI=1S/C15H20N2O2S2/c1-17(2)13(18)10-16-14(19)11-4-6-12(7-5-11)15-20-8-3-9-21-15/h4-7,15H,3,8-10H2,1-2H3,(H,16,19). The molecule has 0 spiro atoms. The topological polar surface area (TPSA) is 49.4 Å². The molecule has 1 saturated heterocycles. The van der Waals surface area contributed by atoms with Gasteiger partial charge in [-0.05, 0) is 35.6 Å². The number of nitrogens with one attached hydrogen (secondary N) is 1. The highest BCUT2D eigenvalue weighted by Crippen LogP contribution is 2.43. The summed E-state index contributed by atoms with van der Waals surface area (Å²) in [5, 5.41) is 2.64. The molecule has 2 rings (SSSR count). The Hall–Kier alpha value is -1.14. The molecule has 0 unspecified atom stereocenters. The number of hydrogen-bond acceptors (Lipinski definition) is 4. The molecule has 0 saturated carbocycles. The number of hydrogen-bond donors (Lipinski definition) is 1. The van der Waals surface area contributed by atoms with Gasteiger partial charge in [-0.3, -0.25) is 9.59 Å². The molecule has 1 aliphatic heterocycles. The van der Waals surface area contributed by atoms with Crippen molar-refractivity contribution in [2.45, 2.75) is 11.0 Å². The van der Waals surface area contributed by atoms with Gasteiger partial charge < -0.3 is 10.2 Å². The summed E-state index contributed by atoms with van der Waals surface area (Å²) >= 11 is 3.92. The van der Waals surface area contributed by atoms with Crippen LogP contribution in [0.3, 0.4) is 0 Å². The van der Waals surface area contributed by atoms with Crippen LogP contribution in [0.2, 0.25) is 0 Å². The summed E-state index contributed by atoms with van der Waals surface area (Å²) in [6, 6.07) is 7.69. The number of amides is 2. The molecule has 1 heterocycles. The van der Waals surface area contributed by atoms with Gasteiger partial charge in [0.15, 0.2) is 0 Å². The van der Waals surface area contributed by atoms with Gasteiger partial charge in [0.1, 0.15) is 0 Å². The van der Waals surface area contributed by atoms with Crippen LogP contribution >= 0.6 is 23.5 Å². The molecule has 0 radical (unpaired) electrons. The van der Waals surface area contributed by atoms with E-state index in [9.17, 15) is 9.59 Å². The van der Waals surface area contributed by atoms with E-state index in [2.05, 4.69) is 5.32 Å². The Morgan fingerprint density at radius 2 is 1.81 bits per heavy atom. The third-order valence-electron chi connectivity index (χ3n) is 3.17. The molecule has 114 valence electrons. The predicted molar refractivity (Wildman–Crippen MR) is 89.7 cm³/mol. The van der Waals surface area contributed by atoms with Gasteiger partial charge in [-0.2, -0.15) is 0 Å². The van der Waals surface area contributed by atoms with Gasteiger partial charge in [-0.15, -0.1) is 23.5 Å². The molecule has 1 N–H and O–H groups in total. The first-order valence-electron chi connectivity index (χ1n) is 6.89. The Kier molecular flexibility index (Phi) is 5.99. The third-order valence-corrected chi connectivity index (χ3v) is 6.19. The molecule has 0 bridgehead atoms. The van der Waals surface area contributed by atoms with Crippen LogP contribution in [0.1, 0.15) is 26.9 Å². The largest absolute Gasteiger partial charge is 0.347 e. The van der Waals surface area contributed by atoms with E-state index < -0.39 is 0 Å². The number of carbonyl (C=O) groups excluding carboxylic acids is 2. The smallest absolute Gasteiger partial charge is 0.251 e. The molecule has 0 aromatic heterocycles. The average Bonchev–Trinajstić information content (AvgIpc) is 2.53. The summed E-state index contributed by atoms with van der Waals surface area (Å²) in [7, 11) is 3.34. The maximum absolute atomic E-state index is 12.0. The molecule has 0 aliphatic carbocycles. The van der Waals surface area contributed by atoms with Crippen molar-refractivity contribution in [3.8, 4) is 0 Å². The summed E-state index contributed by atoms with van der Waals surface area (Å²) in [4.78, 5) is 24.9. The highest BCUT2D eigenvalue weighted by atomic mass is 32.2. The summed E-state index contributed by atoms with van der Waals surface area (Å²) in [5.74, 6) is 2.08. The molecular formula is C15H20N2O2S2. The van der Waals surface area contributed by atoms with Crippen LogP contribution in [0, 0.1) is 0 Å². The summed E-state index contributed by atoms with van der Waals surface area (Å²) in [5.41, 5.74) is 1.85. The SMILES string of the molecule is CN(C)C(=O)CNC(=O)c1ccc(C2SCCCS2)cc1. The zero-order valence-corrected chi connectivity index (χ0v) is 13.9. The zero-order valence-electron chi connectivity index (χ0n) is 12.3. The summed E-state index contributed by atoms with van der Waals surface area (Å²) in [6.07, 6.45) is 1.27. The second kappa shape index (κ2) is 7.75. The number of thioether (sulfide) groups is 2. The zero-order chi connectivity index (χ0) is 15.2. The lowest BCUT2D eigenvalue weighted by Crippen LogP contribution is -2.36. The first-order valence-corrected chi connectivity index (χ1v) is 8.99. The van der Waals surface area contributed by atoms with Crippen molar-refractivity contribution in [2.75, 3.05) is 32.1 Å².